The number of pyridine rings is 2. The van der Waals surface area contributed by atoms with Gasteiger partial charge < -0.3 is 10.2 Å². The normalized spacial score (nSPS) is 14.4. The van der Waals surface area contributed by atoms with Crippen LogP contribution in [0.15, 0.2) is 30.5 Å². The number of Topliss-reactive ketones (excluding diaryl/α,β-unsaturated/α-hetero) is 1. The molecular weight excluding hydrogens is 380 g/mol. The fourth-order valence-corrected chi connectivity index (χ4v) is 3.59. The number of ketones is 1. The van der Waals surface area contributed by atoms with E-state index in [1.807, 2.05) is 45.0 Å². The van der Waals surface area contributed by atoms with Gasteiger partial charge in [0.15, 0.2) is 5.78 Å². The third-order valence-electron chi connectivity index (χ3n) is 5.19. The summed E-state index contributed by atoms with van der Waals surface area (Å²) in [6, 6.07) is 7.50. The van der Waals surface area contributed by atoms with Crippen LogP contribution < -0.4 is 15.5 Å². The van der Waals surface area contributed by atoms with Crippen LogP contribution in [0.2, 0.25) is 0 Å². The maximum absolute atomic E-state index is 11.9. The molecule has 3 rings (SSSR count). The Kier molecular flexibility index (Phi) is 7.35. The monoisotopic (exact) mass is 410 g/mol. The minimum absolute atomic E-state index is 0.0767. The molecule has 3 heterocycles. The lowest BCUT2D eigenvalue weighted by molar-refractivity contribution is 0.0983. The third-order valence-corrected chi connectivity index (χ3v) is 5.19. The summed E-state index contributed by atoms with van der Waals surface area (Å²) in [5.74, 6) is 0.633. The molecule has 2 N–H and O–H groups in total. The summed E-state index contributed by atoms with van der Waals surface area (Å²) in [4.78, 5) is 37.0. The van der Waals surface area contributed by atoms with E-state index in [0.717, 1.165) is 49.7 Å². The molecule has 0 spiro atoms. The molecule has 2 amide bonds. The van der Waals surface area contributed by atoms with Crippen LogP contribution in [0.25, 0.3) is 0 Å². The van der Waals surface area contributed by atoms with Crippen LogP contribution >= 0.6 is 0 Å². The van der Waals surface area contributed by atoms with Crippen molar-refractivity contribution in [2.24, 2.45) is 0 Å². The first-order chi connectivity index (χ1) is 14.5. The van der Waals surface area contributed by atoms with Crippen LogP contribution in [0.1, 0.15) is 42.0 Å². The second kappa shape index (κ2) is 10.2. The Balaban J connectivity index is 1.56. The average Bonchev–Trinajstić information content (AvgIpc) is 2.74. The van der Waals surface area contributed by atoms with E-state index in [2.05, 4.69) is 30.4 Å². The van der Waals surface area contributed by atoms with Gasteiger partial charge in [-0.2, -0.15) is 0 Å². The highest BCUT2D eigenvalue weighted by Gasteiger charge is 2.20. The molecule has 0 saturated carbocycles. The first kappa shape index (κ1) is 21.7. The lowest BCUT2D eigenvalue weighted by atomic mass is 10.1. The maximum Gasteiger partial charge on any atom is 0.320 e. The van der Waals surface area contributed by atoms with Crippen molar-refractivity contribution < 1.29 is 9.59 Å². The molecule has 0 aromatic carbocycles. The Hall–Kier alpha value is -3.00. The van der Waals surface area contributed by atoms with E-state index in [9.17, 15) is 9.59 Å². The van der Waals surface area contributed by atoms with E-state index in [4.69, 9.17) is 0 Å². The predicted octanol–water partition coefficient (Wildman–Crippen LogP) is 2.84. The second-order valence-corrected chi connectivity index (χ2v) is 7.37. The fraction of sp³-hybridized carbons (Fsp3) is 0.455. The van der Waals surface area contributed by atoms with E-state index in [-0.39, 0.29) is 11.8 Å². The van der Waals surface area contributed by atoms with Crippen molar-refractivity contribution in [3.8, 4) is 0 Å². The molecule has 1 aliphatic heterocycles. The standard InChI is InChI=1S/C22H30N6O2/c1-4-20(29)18-6-7-19(16(3)25-18)28-12-10-27(11-13-28)15-17-8-9-24-21(14-17)26-22(30)23-5-2/h6-9,14H,4-5,10-13,15H2,1-3H3,(H2,23,24,26,30). The number of carbonyl (C=O) groups excluding carboxylic acids is 2. The van der Waals surface area contributed by atoms with Gasteiger partial charge in [-0.1, -0.05) is 6.92 Å². The quantitative estimate of drug-likeness (QED) is 0.682. The van der Waals surface area contributed by atoms with Crippen molar-refractivity contribution in [3.63, 3.8) is 0 Å². The SMILES string of the molecule is CCNC(=O)Nc1cc(CN2CCN(c3ccc(C(=O)CC)nc3C)CC2)ccn1. The molecule has 1 fully saturated rings. The molecule has 1 aliphatic rings. The van der Waals surface area contributed by atoms with Gasteiger partial charge in [0.25, 0.3) is 0 Å². The van der Waals surface area contributed by atoms with Gasteiger partial charge in [0, 0.05) is 51.9 Å². The zero-order chi connectivity index (χ0) is 21.5. The topological polar surface area (TPSA) is 90.5 Å². The Morgan fingerprint density at radius 1 is 1.10 bits per heavy atom. The number of carbonyl (C=O) groups is 2. The Bertz CT molecular complexity index is 893. The Labute approximate surface area is 177 Å². The molecule has 30 heavy (non-hydrogen) atoms. The highest BCUT2D eigenvalue weighted by atomic mass is 16.2. The lowest BCUT2D eigenvalue weighted by Gasteiger charge is -2.36. The zero-order valence-electron chi connectivity index (χ0n) is 17.9. The van der Waals surface area contributed by atoms with Crippen LogP contribution in [0.4, 0.5) is 16.3 Å². The van der Waals surface area contributed by atoms with E-state index < -0.39 is 0 Å². The first-order valence-corrected chi connectivity index (χ1v) is 10.5. The first-order valence-electron chi connectivity index (χ1n) is 10.5. The van der Waals surface area contributed by atoms with Crippen molar-refractivity contribution in [3.05, 3.63) is 47.4 Å². The summed E-state index contributed by atoms with van der Waals surface area (Å²) >= 11 is 0. The minimum atomic E-state index is -0.244. The van der Waals surface area contributed by atoms with Crippen LogP contribution in [-0.4, -0.2) is 59.4 Å². The van der Waals surface area contributed by atoms with Crippen LogP contribution in [0.3, 0.4) is 0 Å². The van der Waals surface area contributed by atoms with Gasteiger partial charge in [-0.15, -0.1) is 0 Å². The summed E-state index contributed by atoms with van der Waals surface area (Å²) in [6.07, 6.45) is 2.20. The number of amides is 2. The number of urea groups is 1. The van der Waals surface area contributed by atoms with E-state index in [0.29, 0.717) is 24.5 Å². The van der Waals surface area contributed by atoms with Crippen molar-refractivity contribution in [1.82, 2.24) is 20.2 Å². The van der Waals surface area contributed by atoms with E-state index in [1.54, 1.807) is 6.20 Å². The van der Waals surface area contributed by atoms with E-state index >= 15 is 0 Å². The molecule has 0 atom stereocenters. The third kappa shape index (κ3) is 5.54. The molecule has 8 heteroatoms. The van der Waals surface area contributed by atoms with Crippen molar-refractivity contribution in [2.45, 2.75) is 33.7 Å². The van der Waals surface area contributed by atoms with Gasteiger partial charge in [0.1, 0.15) is 11.5 Å². The second-order valence-electron chi connectivity index (χ2n) is 7.37. The molecule has 160 valence electrons. The van der Waals surface area contributed by atoms with Gasteiger partial charge in [-0.25, -0.2) is 14.8 Å². The molecule has 2 aromatic heterocycles. The van der Waals surface area contributed by atoms with Gasteiger partial charge in [0.05, 0.1) is 11.4 Å². The zero-order valence-corrected chi connectivity index (χ0v) is 17.9. The van der Waals surface area contributed by atoms with Crippen LogP contribution in [-0.2, 0) is 6.54 Å². The summed E-state index contributed by atoms with van der Waals surface area (Å²) in [5, 5.41) is 5.46. The average molecular weight is 411 g/mol. The van der Waals surface area contributed by atoms with Crippen molar-refractivity contribution in [1.29, 1.82) is 0 Å². The van der Waals surface area contributed by atoms with Gasteiger partial charge in [-0.05, 0) is 43.7 Å². The Morgan fingerprint density at radius 2 is 1.87 bits per heavy atom. The molecule has 0 aliphatic carbocycles. The number of anilines is 2. The van der Waals surface area contributed by atoms with Crippen LogP contribution in [0.5, 0.6) is 0 Å². The predicted molar refractivity (Wildman–Crippen MR) is 118 cm³/mol. The number of rotatable bonds is 7. The van der Waals surface area contributed by atoms with Gasteiger partial charge in [0.2, 0.25) is 0 Å². The maximum atomic E-state index is 11.9. The summed E-state index contributed by atoms with van der Waals surface area (Å²) in [7, 11) is 0. The number of aryl methyl sites for hydroxylation is 1. The molecular formula is C22H30N6O2. The fourth-order valence-electron chi connectivity index (χ4n) is 3.59. The molecule has 0 bridgehead atoms. The highest BCUT2D eigenvalue weighted by molar-refractivity contribution is 5.94. The summed E-state index contributed by atoms with van der Waals surface area (Å²) in [5.41, 5.74) is 3.66. The van der Waals surface area contributed by atoms with Crippen molar-refractivity contribution in [2.75, 3.05) is 42.9 Å². The molecule has 0 unspecified atom stereocenters. The highest BCUT2D eigenvalue weighted by Crippen LogP contribution is 2.21. The minimum Gasteiger partial charge on any atom is -0.368 e. The van der Waals surface area contributed by atoms with Gasteiger partial charge >= 0.3 is 6.03 Å². The summed E-state index contributed by atoms with van der Waals surface area (Å²) < 4.78 is 0. The largest absolute Gasteiger partial charge is 0.368 e. The molecule has 2 aromatic rings. The van der Waals surface area contributed by atoms with E-state index in [1.165, 1.54) is 0 Å². The molecule has 0 radical (unpaired) electrons. The molecule has 1 saturated heterocycles. The van der Waals surface area contributed by atoms with Crippen LogP contribution in [0, 0.1) is 6.92 Å². The number of hydrogen-bond acceptors (Lipinski definition) is 6. The lowest BCUT2D eigenvalue weighted by Crippen LogP contribution is -2.46. The number of aromatic nitrogens is 2. The number of nitrogens with zero attached hydrogens (tertiary/aromatic N) is 4. The molecule has 8 nitrogen and oxygen atoms in total. The number of hydrogen-bond donors (Lipinski definition) is 2. The number of piperazine rings is 1. The smallest absolute Gasteiger partial charge is 0.320 e. The number of nitrogens with one attached hydrogen (secondary N) is 2. The van der Waals surface area contributed by atoms with Gasteiger partial charge in [-0.3, -0.25) is 15.0 Å². The summed E-state index contributed by atoms with van der Waals surface area (Å²) in [6.45, 7) is 10.7. The Morgan fingerprint density at radius 3 is 2.53 bits per heavy atom. The van der Waals surface area contributed by atoms with Crippen molar-refractivity contribution >= 4 is 23.3 Å².